The molecule has 1 fully saturated rings. The maximum atomic E-state index is 10.8. The van der Waals surface area contributed by atoms with Crippen molar-refractivity contribution in [3.8, 4) is 11.5 Å². The van der Waals surface area contributed by atoms with Crippen LogP contribution in [0.25, 0.3) is 0 Å². The molecular weight excluding hydrogens is 320 g/mol. The lowest BCUT2D eigenvalue weighted by Crippen LogP contribution is -2.44. The van der Waals surface area contributed by atoms with Crippen molar-refractivity contribution < 1.29 is 14.6 Å². The molecule has 1 aromatic carbocycles. The van der Waals surface area contributed by atoms with Gasteiger partial charge in [-0.15, -0.1) is 0 Å². The van der Waals surface area contributed by atoms with Gasteiger partial charge in [-0.2, -0.15) is 5.10 Å². The van der Waals surface area contributed by atoms with Crippen molar-refractivity contribution in [2.24, 2.45) is 0 Å². The molecule has 1 N–H and O–H groups in total. The van der Waals surface area contributed by atoms with E-state index in [1.165, 1.54) is 6.42 Å². The fraction of sp³-hybridized carbons (Fsp3) is 0.556. The van der Waals surface area contributed by atoms with Gasteiger partial charge in [-0.3, -0.25) is 9.58 Å². The first-order chi connectivity index (χ1) is 12.2. The molecule has 0 radical (unpaired) electrons. The lowest BCUT2D eigenvalue weighted by molar-refractivity contribution is 0.0578. The molecule has 0 unspecified atom stereocenters. The van der Waals surface area contributed by atoms with Crippen molar-refractivity contribution in [3.63, 3.8) is 0 Å². The topological polar surface area (TPSA) is 72.6 Å². The van der Waals surface area contributed by atoms with Gasteiger partial charge >= 0.3 is 0 Å². The lowest BCUT2D eigenvalue weighted by Gasteiger charge is -2.37. The number of hydrogen-bond donors (Lipinski definition) is 1. The Bertz CT molecular complexity index is 662. The number of hydrogen-bond acceptors (Lipinski definition) is 6. The summed E-state index contributed by atoms with van der Waals surface area (Å²) in [7, 11) is 3.24. The highest BCUT2D eigenvalue weighted by atomic mass is 16.5. The fourth-order valence-electron chi connectivity index (χ4n) is 3.47. The van der Waals surface area contributed by atoms with Crippen LogP contribution in [0.3, 0.4) is 0 Å². The molecule has 1 aliphatic rings. The second-order valence-corrected chi connectivity index (χ2v) is 6.39. The molecule has 0 bridgehead atoms. The summed E-state index contributed by atoms with van der Waals surface area (Å²) in [5.74, 6) is 1.39. The maximum absolute atomic E-state index is 10.8. The number of nitrogens with zero attached hydrogens (tertiary/aromatic N) is 4. The number of rotatable bonds is 7. The molecule has 0 amide bonds. The summed E-state index contributed by atoms with van der Waals surface area (Å²) in [6.07, 6.45) is 6.12. The number of ether oxygens (including phenoxy) is 2. The Morgan fingerprint density at radius 3 is 2.88 bits per heavy atom. The second-order valence-electron chi connectivity index (χ2n) is 6.39. The summed E-state index contributed by atoms with van der Waals surface area (Å²) < 4.78 is 12.6. The third-order valence-corrected chi connectivity index (χ3v) is 4.82. The van der Waals surface area contributed by atoms with Gasteiger partial charge in [-0.05, 0) is 37.6 Å². The zero-order chi connectivity index (χ0) is 17.6. The molecule has 3 rings (SSSR count). The molecule has 136 valence electrons. The molecule has 2 atom stereocenters. The minimum absolute atomic E-state index is 0.349. The van der Waals surface area contributed by atoms with Crippen LogP contribution in [-0.2, 0) is 6.54 Å². The molecule has 1 saturated heterocycles. The monoisotopic (exact) mass is 346 g/mol. The van der Waals surface area contributed by atoms with E-state index in [2.05, 4.69) is 15.0 Å². The minimum Gasteiger partial charge on any atom is -0.497 e. The highest BCUT2D eigenvalue weighted by Gasteiger charge is 2.26. The van der Waals surface area contributed by atoms with E-state index in [9.17, 15) is 5.11 Å². The Kier molecular flexibility index (Phi) is 5.88. The van der Waals surface area contributed by atoms with Gasteiger partial charge in [-0.25, -0.2) is 4.98 Å². The predicted molar refractivity (Wildman–Crippen MR) is 93.7 cm³/mol. The Hall–Kier alpha value is -2.12. The molecule has 0 saturated carbocycles. The van der Waals surface area contributed by atoms with E-state index in [0.717, 1.165) is 31.5 Å². The molecule has 2 aromatic rings. The summed E-state index contributed by atoms with van der Waals surface area (Å²) in [6.45, 7) is 2.33. The van der Waals surface area contributed by atoms with Gasteiger partial charge in [0, 0.05) is 18.2 Å². The zero-order valence-corrected chi connectivity index (χ0v) is 14.8. The molecule has 0 spiro atoms. The minimum atomic E-state index is -0.638. The van der Waals surface area contributed by atoms with E-state index in [4.69, 9.17) is 9.47 Å². The SMILES string of the molecule is COc1ccc(OC)c([C@H](O)CN2CCCC[C@H]2Cn2cncn2)c1. The molecule has 7 nitrogen and oxygen atoms in total. The van der Waals surface area contributed by atoms with Crippen LogP contribution in [0.5, 0.6) is 11.5 Å². The lowest BCUT2D eigenvalue weighted by atomic mass is 10.00. The highest BCUT2D eigenvalue weighted by Crippen LogP contribution is 2.31. The normalized spacial score (nSPS) is 19.6. The van der Waals surface area contributed by atoms with Crippen molar-refractivity contribution in [3.05, 3.63) is 36.4 Å². The summed E-state index contributed by atoms with van der Waals surface area (Å²) in [5.41, 5.74) is 0.756. The van der Waals surface area contributed by atoms with Crippen LogP contribution >= 0.6 is 0 Å². The Morgan fingerprint density at radius 2 is 2.16 bits per heavy atom. The van der Waals surface area contributed by atoms with Crippen molar-refractivity contribution >= 4 is 0 Å². The molecule has 2 heterocycles. The number of aliphatic hydroxyl groups excluding tert-OH is 1. The predicted octanol–water partition coefficient (Wildman–Crippen LogP) is 1.88. The van der Waals surface area contributed by atoms with Crippen LogP contribution in [-0.4, -0.2) is 58.1 Å². The molecule has 0 aliphatic carbocycles. The third kappa shape index (κ3) is 4.29. The van der Waals surface area contributed by atoms with Gasteiger partial charge < -0.3 is 14.6 Å². The van der Waals surface area contributed by atoms with Crippen molar-refractivity contribution in [2.75, 3.05) is 27.3 Å². The molecule has 1 aromatic heterocycles. The van der Waals surface area contributed by atoms with Gasteiger partial charge in [0.05, 0.1) is 26.9 Å². The number of piperidine rings is 1. The maximum Gasteiger partial charge on any atom is 0.137 e. The van der Waals surface area contributed by atoms with Crippen LogP contribution < -0.4 is 9.47 Å². The van der Waals surface area contributed by atoms with Crippen LogP contribution in [0.2, 0.25) is 0 Å². The van der Waals surface area contributed by atoms with E-state index < -0.39 is 6.10 Å². The Morgan fingerprint density at radius 1 is 1.28 bits per heavy atom. The number of likely N-dealkylation sites (tertiary alicyclic amines) is 1. The number of aromatic nitrogens is 3. The number of aliphatic hydroxyl groups is 1. The van der Waals surface area contributed by atoms with E-state index in [1.54, 1.807) is 26.9 Å². The zero-order valence-electron chi connectivity index (χ0n) is 14.8. The van der Waals surface area contributed by atoms with Crippen LogP contribution in [0.4, 0.5) is 0 Å². The molecule has 25 heavy (non-hydrogen) atoms. The average molecular weight is 346 g/mol. The van der Waals surface area contributed by atoms with E-state index in [1.807, 2.05) is 22.9 Å². The smallest absolute Gasteiger partial charge is 0.137 e. The van der Waals surface area contributed by atoms with Crippen molar-refractivity contribution in [1.29, 1.82) is 0 Å². The van der Waals surface area contributed by atoms with E-state index >= 15 is 0 Å². The summed E-state index contributed by atoms with van der Waals surface area (Å²) in [5, 5.41) is 15.0. The van der Waals surface area contributed by atoms with Crippen molar-refractivity contribution in [2.45, 2.75) is 38.0 Å². The first-order valence-electron chi connectivity index (χ1n) is 8.67. The first kappa shape index (κ1) is 17.7. The van der Waals surface area contributed by atoms with Crippen LogP contribution in [0, 0.1) is 0 Å². The molecular formula is C18H26N4O3. The van der Waals surface area contributed by atoms with Gasteiger partial charge in [-0.1, -0.05) is 6.42 Å². The van der Waals surface area contributed by atoms with Gasteiger partial charge in [0.15, 0.2) is 0 Å². The molecule has 7 heteroatoms. The number of methoxy groups -OCH3 is 2. The number of benzene rings is 1. The van der Waals surface area contributed by atoms with Gasteiger partial charge in [0.25, 0.3) is 0 Å². The second kappa shape index (κ2) is 8.31. The largest absolute Gasteiger partial charge is 0.497 e. The standard InChI is InChI=1S/C18H26N4O3/c1-24-15-6-7-18(25-2)16(9-15)17(23)11-21-8-4-3-5-14(21)10-22-13-19-12-20-22/h6-7,9,12-14,17,23H,3-5,8,10-11H2,1-2H3/t14-,17+/m0/s1. The highest BCUT2D eigenvalue weighted by molar-refractivity contribution is 5.41. The summed E-state index contributed by atoms with van der Waals surface area (Å²) in [4.78, 5) is 6.36. The first-order valence-corrected chi connectivity index (χ1v) is 8.67. The Labute approximate surface area is 148 Å². The van der Waals surface area contributed by atoms with Gasteiger partial charge in [0.1, 0.15) is 24.2 Å². The third-order valence-electron chi connectivity index (χ3n) is 4.82. The quantitative estimate of drug-likeness (QED) is 0.825. The van der Waals surface area contributed by atoms with Gasteiger partial charge in [0.2, 0.25) is 0 Å². The number of β-amino-alcohol motifs (C(OH)–C–C–N with tert-alkyl or cyclic N) is 1. The average Bonchev–Trinajstić information content (AvgIpc) is 3.15. The Balaban J connectivity index is 1.72. The van der Waals surface area contributed by atoms with E-state index in [0.29, 0.717) is 24.1 Å². The molecule has 1 aliphatic heterocycles. The van der Waals surface area contributed by atoms with Crippen LogP contribution in [0.1, 0.15) is 30.9 Å². The van der Waals surface area contributed by atoms with Crippen LogP contribution in [0.15, 0.2) is 30.9 Å². The van der Waals surface area contributed by atoms with E-state index in [-0.39, 0.29) is 0 Å². The fourth-order valence-corrected chi connectivity index (χ4v) is 3.47. The summed E-state index contributed by atoms with van der Waals surface area (Å²) in [6, 6.07) is 5.87. The van der Waals surface area contributed by atoms with Crippen molar-refractivity contribution in [1.82, 2.24) is 19.7 Å². The summed E-state index contributed by atoms with van der Waals surface area (Å²) >= 11 is 0.